The van der Waals surface area contributed by atoms with E-state index in [2.05, 4.69) is 5.32 Å². The third-order valence-electron chi connectivity index (χ3n) is 2.58. The van der Waals surface area contributed by atoms with Crippen molar-refractivity contribution in [3.63, 3.8) is 0 Å². The van der Waals surface area contributed by atoms with Crippen LogP contribution in [0.3, 0.4) is 0 Å². The first kappa shape index (κ1) is 13.4. The topological polar surface area (TPSA) is 93.4 Å². The fourth-order valence-electron chi connectivity index (χ4n) is 1.55. The molecule has 0 aliphatic heterocycles. The monoisotopic (exact) mass is 272 g/mol. The van der Waals surface area contributed by atoms with Gasteiger partial charge in [0.25, 0.3) is 5.91 Å². The highest BCUT2D eigenvalue weighted by atomic mass is 19.1. The zero-order chi connectivity index (χ0) is 14.7. The van der Waals surface area contributed by atoms with Gasteiger partial charge in [0, 0.05) is 5.56 Å². The normalized spacial score (nSPS) is 9.80. The van der Waals surface area contributed by atoms with Crippen molar-refractivity contribution in [1.29, 1.82) is 5.26 Å². The van der Waals surface area contributed by atoms with E-state index in [0.29, 0.717) is 0 Å². The SMILES string of the molecule is N#Cc1ccc(NC(=O)c2ccc(O)c(O)c2)c(F)c1. The van der Waals surface area contributed by atoms with E-state index in [1.165, 1.54) is 18.2 Å². The Kier molecular flexibility index (Phi) is 3.53. The van der Waals surface area contributed by atoms with Gasteiger partial charge in [-0.25, -0.2) is 4.39 Å². The molecule has 1 amide bonds. The first-order chi connectivity index (χ1) is 9.51. The second-order valence-corrected chi connectivity index (χ2v) is 3.96. The summed E-state index contributed by atoms with van der Waals surface area (Å²) in [5.74, 6) is -2.19. The number of hydrogen-bond acceptors (Lipinski definition) is 4. The smallest absolute Gasteiger partial charge is 0.255 e. The number of nitriles is 1. The van der Waals surface area contributed by atoms with E-state index in [9.17, 15) is 14.3 Å². The Morgan fingerprint density at radius 1 is 1.15 bits per heavy atom. The molecule has 20 heavy (non-hydrogen) atoms. The van der Waals surface area contributed by atoms with Crippen LogP contribution in [0.4, 0.5) is 10.1 Å². The Morgan fingerprint density at radius 3 is 2.50 bits per heavy atom. The standard InChI is InChI=1S/C14H9FN2O3/c15-10-5-8(7-16)1-3-11(10)17-14(20)9-2-4-12(18)13(19)6-9/h1-6,18-19H,(H,17,20). The Labute approximate surface area is 113 Å². The largest absolute Gasteiger partial charge is 0.504 e. The quantitative estimate of drug-likeness (QED) is 0.731. The van der Waals surface area contributed by atoms with Gasteiger partial charge in [-0.2, -0.15) is 5.26 Å². The van der Waals surface area contributed by atoms with Gasteiger partial charge >= 0.3 is 0 Å². The molecule has 6 heteroatoms. The molecule has 0 aromatic heterocycles. The summed E-state index contributed by atoms with van der Waals surface area (Å²) < 4.78 is 13.6. The summed E-state index contributed by atoms with van der Waals surface area (Å²) in [6.45, 7) is 0. The maximum Gasteiger partial charge on any atom is 0.255 e. The van der Waals surface area contributed by atoms with Crippen molar-refractivity contribution < 1.29 is 19.4 Å². The number of halogens is 1. The van der Waals surface area contributed by atoms with Gasteiger partial charge in [-0.15, -0.1) is 0 Å². The minimum atomic E-state index is -0.736. The Morgan fingerprint density at radius 2 is 1.90 bits per heavy atom. The Bertz CT molecular complexity index is 723. The lowest BCUT2D eigenvalue weighted by molar-refractivity contribution is 0.102. The second kappa shape index (κ2) is 5.28. The minimum Gasteiger partial charge on any atom is -0.504 e. The first-order valence-corrected chi connectivity index (χ1v) is 5.54. The number of phenols is 2. The van der Waals surface area contributed by atoms with Gasteiger partial charge in [0.05, 0.1) is 17.3 Å². The van der Waals surface area contributed by atoms with Gasteiger partial charge in [0.1, 0.15) is 5.82 Å². The summed E-state index contributed by atoms with van der Waals surface area (Å²) in [5.41, 5.74) is 0.119. The molecular formula is C14H9FN2O3. The van der Waals surface area contributed by atoms with E-state index >= 15 is 0 Å². The number of carbonyl (C=O) groups is 1. The molecule has 0 bridgehead atoms. The first-order valence-electron chi connectivity index (χ1n) is 5.54. The summed E-state index contributed by atoms with van der Waals surface area (Å²) in [5, 5.41) is 29.4. The molecule has 0 fully saturated rings. The average molecular weight is 272 g/mol. The molecule has 0 spiro atoms. The van der Waals surface area contributed by atoms with Gasteiger partial charge in [-0.05, 0) is 36.4 Å². The van der Waals surface area contributed by atoms with Gasteiger partial charge in [-0.1, -0.05) is 0 Å². The zero-order valence-electron chi connectivity index (χ0n) is 10.1. The van der Waals surface area contributed by atoms with Crippen molar-refractivity contribution in [3.8, 4) is 17.6 Å². The molecular weight excluding hydrogens is 263 g/mol. The summed E-state index contributed by atoms with van der Waals surface area (Å²) in [6.07, 6.45) is 0. The minimum absolute atomic E-state index is 0.0593. The molecule has 0 aliphatic rings. The summed E-state index contributed by atoms with van der Waals surface area (Å²) in [4.78, 5) is 11.8. The van der Waals surface area contributed by atoms with Crippen LogP contribution < -0.4 is 5.32 Å². The van der Waals surface area contributed by atoms with E-state index < -0.39 is 17.5 Å². The van der Waals surface area contributed by atoms with Crippen molar-refractivity contribution in [2.75, 3.05) is 5.32 Å². The number of phenolic OH excluding ortho intramolecular Hbond substituents is 2. The van der Waals surface area contributed by atoms with Crippen LogP contribution in [-0.4, -0.2) is 16.1 Å². The predicted octanol–water partition coefficient (Wildman–Crippen LogP) is 2.36. The summed E-state index contributed by atoms with van der Waals surface area (Å²) in [7, 11) is 0. The van der Waals surface area contributed by atoms with Crippen LogP contribution in [0.25, 0.3) is 0 Å². The van der Waals surface area contributed by atoms with Crippen LogP contribution in [-0.2, 0) is 0 Å². The van der Waals surface area contributed by atoms with E-state index in [0.717, 1.165) is 18.2 Å². The lowest BCUT2D eigenvalue weighted by Crippen LogP contribution is -2.12. The molecule has 0 aliphatic carbocycles. The summed E-state index contributed by atoms with van der Waals surface area (Å²) >= 11 is 0. The van der Waals surface area contributed by atoms with Crippen molar-refractivity contribution in [2.45, 2.75) is 0 Å². The Balaban J connectivity index is 2.23. The highest BCUT2D eigenvalue weighted by Gasteiger charge is 2.11. The highest BCUT2D eigenvalue weighted by molar-refractivity contribution is 6.04. The third-order valence-corrected chi connectivity index (χ3v) is 2.58. The predicted molar refractivity (Wildman–Crippen MR) is 68.8 cm³/mol. The molecule has 2 aromatic rings. The maximum atomic E-state index is 13.6. The fourth-order valence-corrected chi connectivity index (χ4v) is 1.55. The van der Waals surface area contributed by atoms with E-state index in [1.807, 2.05) is 0 Å². The van der Waals surface area contributed by atoms with E-state index in [1.54, 1.807) is 6.07 Å². The third kappa shape index (κ3) is 2.67. The molecule has 2 aromatic carbocycles. The average Bonchev–Trinajstić information content (AvgIpc) is 2.43. The molecule has 0 radical (unpaired) electrons. The van der Waals surface area contributed by atoms with Crippen molar-refractivity contribution in [1.82, 2.24) is 0 Å². The molecule has 0 atom stereocenters. The maximum absolute atomic E-state index is 13.6. The number of rotatable bonds is 2. The number of aromatic hydroxyl groups is 2. The van der Waals surface area contributed by atoms with E-state index in [-0.39, 0.29) is 22.6 Å². The lowest BCUT2D eigenvalue weighted by Gasteiger charge is -2.07. The van der Waals surface area contributed by atoms with Crippen LogP contribution in [0.1, 0.15) is 15.9 Å². The number of amides is 1. The molecule has 3 N–H and O–H groups in total. The highest BCUT2D eigenvalue weighted by Crippen LogP contribution is 2.25. The second-order valence-electron chi connectivity index (χ2n) is 3.96. The number of hydrogen-bond donors (Lipinski definition) is 3. The molecule has 100 valence electrons. The van der Waals surface area contributed by atoms with Crippen LogP contribution in [0, 0.1) is 17.1 Å². The molecule has 5 nitrogen and oxygen atoms in total. The van der Waals surface area contributed by atoms with Gasteiger partial charge < -0.3 is 15.5 Å². The van der Waals surface area contributed by atoms with Gasteiger partial charge in [0.15, 0.2) is 11.5 Å². The fraction of sp³-hybridized carbons (Fsp3) is 0. The molecule has 0 heterocycles. The van der Waals surface area contributed by atoms with Crippen molar-refractivity contribution in [3.05, 3.63) is 53.3 Å². The van der Waals surface area contributed by atoms with E-state index in [4.69, 9.17) is 10.4 Å². The molecule has 0 saturated heterocycles. The lowest BCUT2D eigenvalue weighted by atomic mass is 10.1. The van der Waals surface area contributed by atoms with Crippen LogP contribution >= 0.6 is 0 Å². The van der Waals surface area contributed by atoms with Crippen LogP contribution in [0.5, 0.6) is 11.5 Å². The van der Waals surface area contributed by atoms with Gasteiger partial charge in [0.2, 0.25) is 0 Å². The Hall–Kier alpha value is -3.07. The van der Waals surface area contributed by atoms with Crippen LogP contribution in [0.2, 0.25) is 0 Å². The molecule has 2 rings (SSSR count). The number of anilines is 1. The summed E-state index contributed by atoms with van der Waals surface area (Å²) in [6, 6.07) is 8.92. The molecule has 0 saturated carbocycles. The zero-order valence-corrected chi connectivity index (χ0v) is 10.1. The number of nitrogens with one attached hydrogen (secondary N) is 1. The number of carbonyl (C=O) groups excluding carboxylic acids is 1. The van der Waals surface area contributed by atoms with Crippen molar-refractivity contribution in [2.24, 2.45) is 0 Å². The van der Waals surface area contributed by atoms with Crippen molar-refractivity contribution >= 4 is 11.6 Å². The van der Waals surface area contributed by atoms with Crippen LogP contribution in [0.15, 0.2) is 36.4 Å². The van der Waals surface area contributed by atoms with Gasteiger partial charge in [-0.3, -0.25) is 4.79 Å². The molecule has 0 unspecified atom stereocenters. The number of benzene rings is 2. The number of nitrogens with zero attached hydrogens (tertiary/aromatic N) is 1.